The molecule has 0 saturated carbocycles. The van der Waals surface area contributed by atoms with Crippen LogP contribution in [0.2, 0.25) is 0 Å². The minimum absolute atomic E-state index is 0.835. The lowest BCUT2D eigenvalue weighted by molar-refractivity contribution is 0.174. The van der Waals surface area contributed by atoms with Crippen molar-refractivity contribution in [3.8, 4) is 0 Å². The van der Waals surface area contributed by atoms with E-state index in [1.54, 1.807) is 0 Å². The van der Waals surface area contributed by atoms with Crippen LogP contribution in [0.15, 0.2) is 42.9 Å². The number of aryl methyl sites for hydroxylation is 1. The van der Waals surface area contributed by atoms with E-state index in [9.17, 15) is 0 Å². The molecule has 1 aliphatic rings. The molecule has 3 heteroatoms. The van der Waals surface area contributed by atoms with E-state index in [1.807, 2.05) is 12.4 Å². The smallest absolute Gasteiger partial charge is 0.0387 e. The van der Waals surface area contributed by atoms with Crippen molar-refractivity contribution in [1.82, 2.24) is 14.5 Å². The first kappa shape index (κ1) is 13.4. The molecule has 1 saturated heterocycles. The van der Waals surface area contributed by atoms with E-state index in [0.29, 0.717) is 0 Å². The predicted octanol–water partition coefficient (Wildman–Crippen LogP) is 2.87. The molecule has 0 aliphatic carbocycles. The van der Waals surface area contributed by atoms with E-state index in [0.717, 1.165) is 12.5 Å². The molecule has 0 amide bonds. The van der Waals surface area contributed by atoms with Crippen molar-refractivity contribution < 1.29 is 0 Å². The fourth-order valence-electron chi connectivity index (χ4n) is 3.09. The van der Waals surface area contributed by atoms with Gasteiger partial charge in [-0.2, -0.15) is 0 Å². The topological polar surface area (TPSA) is 21.1 Å². The van der Waals surface area contributed by atoms with Crippen LogP contribution in [0.5, 0.6) is 0 Å². The Morgan fingerprint density at radius 2 is 1.90 bits per heavy atom. The summed E-state index contributed by atoms with van der Waals surface area (Å²) in [6, 6.07) is 8.65. The molecule has 2 aromatic heterocycles. The zero-order valence-electron chi connectivity index (χ0n) is 12.2. The van der Waals surface area contributed by atoms with Crippen molar-refractivity contribution in [2.24, 2.45) is 13.0 Å². The van der Waals surface area contributed by atoms with Gasteiger partial charge < -0.3 is 4.57 Å². The summed E-state index contributed by atoms with van der Waals surface area (Å²) in [5, 5.41) is 0. The van der Waals surface area contributed by atoms with Crippen LogP contribution in [0, 0.1) is 5.92 Å². The fraction of sp³-hybridized carbons (Fsp3) is 0.471. The molecule has 0 spiro atoms. The van der Waals surface area contributed by atoms with Gasteiger partial charge in [0.25, 0.3) is 0 Å². The molecule has 0 radical (unpaired) electrons. The summed E-state index contributed by atoms with van der Waals surface area (Å²) in [4.78, 5) is 6.67. The summed E-state index contributed by atoms with van der Waals surface area (Å²) in [6.45, 7) is 3.54. The molecular formula is C17H23N3. The standard InChI is InChI=1S/C17H23N3/c1-19-10-2-3-17(19)14-20-11-6-16(7-12-20)13-15-4-8-18-9-5-15/h2-5,8-10,16H,6-7,11-14H2,1H3. The Bertz CT molecular complexity index is 524. The number of hydrogen-bond acceptors (Lipinski definition) is 2. The molecule has 0 atom stereocenters. The monoisotopic (exact) mass is 269 g/mol. The summed E-state index contributed by atoms with van der Waals surface area (Å²) >= 11 is 0. The Hall–Kier alpha value is -1.61. The lowest BCUT2D eigenvalue weighted by Crippen LogP contribution is -2.34. The van der Waals surface area contributed by atoms with Crippen molar-refractivity contribution in [3.63, 3.8) is 0 Å². The predicted molar refractivity (Wildman–Crippen MR) is 81.4 cm³/mol. The highest BCUT2D eigenvalue weighted by Gasteiger charge is 2.19. The van der Waals surface area contributed by atoms with Gasteiger partial charge >= 0.3 is 0 Å². The first-order chi connectivity index (χ1) is 9.81. The number of hydrogen-bond donors (Lipinski definition) is 0. The van der Waals surface area contributed by atoms with Crippen LogP contribution in [0.1, 0.15) is 24.1 Å². The van der Waals surface area contributed by atoms with Gasteiger partial charge in [-0.05, 0) is 68.1 Å². The quantitative estimate of drug-likeness (QED) is 0.851. The molecule has 0 bridgehead atoms. The number of aromatic nitrogens is 2. The summed E-state index contributed by atoms with van der Waals surface area (Å²) in [6.07, 6.45) is 9.77. The van der Waals surface area contributed by atoms with E-state index < -0.39 is 0 Å². The van der Waals surface area contributed by atoms with E-state index in [4.69, 9.17) is 0 Å². The first-order valence-electron chi connectivity index (χ1n) is 7.53. The van der Waals surface area contributed by atoms with Gasteiger partial charge in [0.1, 0.15) is 0 Å². The van der Waals surface area contributed by atoms with Crippen LogP contribution in [0.4, 0.5) is 0 Å². The van der Waals surface area contributed by atoms with Crippen molar-refractivity contribution >= 4 is 0 Å². The van der Waals surface area contributed by atoms with Crippen LogP contribution in [-0.2, 0) is 20.0 Å². The maximum atomic E-state index is 4.09. The molecular weight excluding hydrogens is 246 g/mol. The second kappa shape index (κ2) is 6.23. The van der Waals surface area contributed by atoms with E-state index in [-0.39, 0.29) is 0 Å². The molecule has 1 aliphatic heterocycles. The third-order valence-electron chi connectivity index (χ3n) is 4.42. The minimum Gasteiger partial charge on any atom is -0.353 e. The zero-order valence-corrected chi connectivity index (χ0v) is 12.2. The lowest BCUT2D eigenvalue weighted by Gasteiger charge is -2.32. The van der Waals surface area contributed by atoms with Gasteiger partial charge in [0, 0.05) is 37.9 Å². The highest BCUT2D eigenvalue weighted by molar-refractivity contribution is 5.11. The molecule has 0 N–H and O–H groups in total. The van der Waals surface area contributed by atoms with E-state index in [1.165, 1.54) is 43.6 Å². The van der Waals surface area contributed by atoms with E-state index in [2.05, 4.69) is 52.0 Å². The van der Waals surface area contributed by atoms with Crippen molar-refractivity contribution in [2.75, 3.05) is 13.1 Å². The highest BCUT2D eigenvalue weighted by atomic mass is 15.1. The second-order valence-electron chi connectivity index (χ2n) is 5.89. The number of rotatable bonds is 4. The Kier molecular flexibility index (Phi) is 4.16. The molecule has 3 heterocycles. The van der Waals surface area contributed by atoms with Crippen molar-refractivity contribution in [3.05, 3.63) is 54.1 Å². The zero-order chi connectivity index (χ0) is 13.8. The number of pyridine rings is 1. The van der Waals surface area contributed by atoms with Crippen LogP contribution in [0.25, 0.3) is 0 Å². The van der Waals surface area contributed by atoms with Crippen molar-refractivity contribution in [1.29, 1.82) is 0 Å². The van der Waals surface area contributed by atoms with Gasteiger partial charge in [-0.3, -0.25) is 9.88 Å². The van der Waals surface area contributed by atoms with Crippen LogP contribution in [-0.4, -0.2) is 27.5 Å². The maximum Gasteiger partial charge on any atom is 0.0387 e. The van der Waals surface area contributed by atoms with Gasteiger partial charge in [0.05, 0.1) is 0 Å². The Balaban J connectivity index is 1.49. The van der Waals surface area contributed by atoms with Gasteiger partial charge in [-0.15, -0.1) is 0 Å². The molecule has 2 aromatic rings. The molecule has 1 fully saturated rings. The molecule has 3 nitrogen and oxygen atoms in total. The average molecular weight is 269 g/mol. The van der Waals surface area contributed by atoms with Gasteiger partial charge in [-0.1, -0.05) is 0 Å². The Morgan fingerprint density at radius 1 is 1.15 bits per heavy atom. The second-order valence-corrected chi connectivity index (χ2v) is 5.89. The highest BCUT2D eigenvalue weighted by Crippen LogP contribution is 2.22. The third-order valence-corrected chi connectivity index (χ3v) is 4.42. The first-order valence-corrected chi connectivity index (χ1v) is 7.53. The van der Waals surface area contributed by atoms with Crippen molar-refractivity contribution in [2.45, 2.75) is 25.8 Å². The fourth-order valence-corrected chi connectivity index (χ4v) is 3.09. The lowest BCUT2D eigenvalue weighted by atomic mass is 9.90. The normalized spacial score (nSPS) is 17.4. The van der Waals surface area contributed by atoms with Gasteiger partial charge in [-0.25, -0.2) is 0 Å². The number of likely N-dealkylation sites (tertiary alicyclic amines) is 1. The molecule has 0 aromatic carbocycles. The number of nitrogens with zero attached hydrogens (tertiary/aromatic N) is 3. The molecule has 3 rings (SSSR count). The van der Waals surface area contributed by atoms with Gasteiger partial charge in [0.2, 0.25) is 0 Å². The summed E-state index contributed by atoms with van der Waals surface area (Å²) < 4.78 is 2.23. The largest absolute Gasteiger partial charge is 0.353 e. The molecule has 106 valence electrons. The maximum absolute atomic E-state index is 4.09. The Labute approximate surface area is 121 Å². The minimum atomic E-state index is 0.835. The molecule has 20 heavy (non-hydrogen) atoms. The van der Waals surface area contributed by atoms with Crippen LogP contribution >= 0.6 is 0 Å². The van der Waals surface area contributed by atoms with Gasteiger partial charge in [0.15, 0.2) is 0 Å². The van der Waals surface area contributed by atoms with Crippen LogP contribution < -0.4 is 0 Å². The molecule has 0 unspecified atom stereocenters. The SMILES string of the molecule is Cn1cccc1CN1CCC(Cc2ccncc2)CC1. The Morgan fingerprint density at radius 3 is 2.55 bits per heavy atom. The number of piperidine rings is 1. The summed E-state index contributed by atoms with van der Waals surface area (Å²) in [5.41, 5.74) is 2.85. The summed E-state index contributed by atoms with van der Waals surface area (Å²) in [7, 11) is 2.13. The third kappa shape index (κ3) is 3.28. The average Bonchev–Trinajstić information content (AvgIpc) is 2.88. The summed E-state index contributed by atoms with van der Waals surface area (Å²) in [5.74, 6) is 0.835. The van der Waals surface area contributed by atoms with E-state index >= 15 is 0 Å². The van der Waals surface area contributed by atoms with Crippen LogP contribution in [0.3, 0.4) is 0 Å².